The Morgan fingerprint density at radius 1 is 0.864 bits per heavy atom. The molecule has 10 heteroatoms. The number of unbranched alkanes of at least 4 members (excludes halogenated alkanes) is 1. The summed E-state index contributed by atoms with van der Waals surface area (Å²) in [5, 5.41) is 10.8. The zero-order valence-electron chi connectivity index (χ0n) is 24.9. The molecule has 0 N–H and O–H groups in total. The maximum Gasteiger partial charge on any atom is 0.231 e. The monoisotopic (exact) mass is 608 g/mol. The summed E-state index contributed by atoms with van der Waals surface area (Å²) in [4.78, 5) is 22.3. The maximum absolute atomic E-state index is 12.9. The minimum Gasteiger partial charge on any atom is -0.454 e. The molecule has 0 spiro atoms. The molecule has 7 rings (SSSR count). The van der Waals surface area contributed by atoms with Crippen molar-refractivity contribution in [3.8, 4) is 11.5 Å². The fourth-order valence-corrected chi connectivity index (χ4v) is 6.78. The van der Waals surface area contributed by atoms with E-state index < -0.39 is 0 Å². The van der Waals surface area contributed by atoms with E-state index in [4.69, 9.17) is 14.5 Å². The molecule has 44 heavy (non-hydrogen) atoms. The summed E-state index contributed by atoms with van der Waals surface area (Å²) in [5.41, 5.74) is 6.43. The van der Waals surface area contributed by atoms with Crippen LogP contribution in [0.1, 0.15) is 36.0 Å². The van der Waals surface area contributed by atoms with Crippen LogP contribution in [0.2, 0.25) is 0 Å². The molecule has 0 radical (unpaired) electrons. The predicted molar refractivity (Wildman–Crippen MR) is 172 cm³/mol. The number of rotatable bonds is 10. The van der Waals surface area contributed by atoms with Crippen molar-refractivity contribution in [2.24, 2.45) is 0 Å². The minimum absolute atomic E-state index is 0.248. The van der Waals surface area contributed by atoms with Crippen molar-refractivity contribution in [2.75, 3.05) is 38.7 Å². The van der Waals surface area contributed by atoms with E-state index in [9.17, 15) is 4.79 Å². The first kappa shape index (κ1) is 28.6. The maximum atomic E-state index is 12.9. The van der Waals surface area contributed by atoms with Gasteiger partial charge in [0.1, 0.15) is 5.52 Å². The molecule has 1 amide bonds. The van der Waals surface area contributed by atoms with Crippen LogP contribution in [0.25, 0.3) is 22.1 Å². The van der Waals surface area contributed by atoms with E-state index in [1.807, 2.05) is 17.0 Å². The van der Waals surface area contributed by atoms with E-state index in [0.29, 0.717) is 18.4 Å². The van der Waals surface area contributed by atoms with Crippen LogP contribution >= 0.6 is 11.8 Å². The molecule has 4 heterocycles. The van der Waals surface area contributed by atoms with Crippen molar-refractivity contribution in [3.63, 3.8) is 0 Å². The third-order valence-corrected chi connectivity index (χ3v) is 9.29. The Kier molecular flexibility index (Phi) is 8.35. The lowest BCUT2D eigenvalue weighted by atomic mass is 10.1. The highest BCUT2D eigenvalue weighted by Gasteiger charge is 2.22. The molecule has 9 nitrogen and oxygen atoms in total. The first-order chi connectivity index (χ1) is 21.6. The summed E-state index contributed by atoms with van der Waals surface area (Å²) in [6.45, 7) is 7.26. The van der Waals surface area contributed by atoms with Gasteiger partial charge in [-0.15, -0.1) is 10.2 Å². The van der Waals surface area contributed by atoms with Gasteiger partial charge in [0.05, 0.1) is 5.52 Å². The average Bonchev–Trinajstić information content (AvgIpc) is 3.63. The van der Waals surface area contributed by atoms with Gasteiger partial charge in [0.2, 0.25) is 17.9 Å². The molecule has 0 aliphatic carbocycles. The standard InChI is InChI=1S/C34H36N6O3S/c1-24-10-12-28-27(19-24)32-33(40(28)22-25-7-3-2-4-8-25)35-34(37-36-32)44-18-6-5-9-31(41)39-16-14-38(15-17-39)21-26-11-13-29-30(20-26)43-23-42-29/h2-4,7-8,10-13,19-20H,5-6,9,14-18,21-23H2,1H3. The molecule has 2 aliphatic rings. The van der Waals surface area contributed by atoms with E-state index in [1.165, 1.54) is 16.7 Å². The molecule has 0 unspecified atom stereocenters. The Morgan fingerprint density at radius 3 is 2.57 bits per heavy atom. The van der Waals surface area contributed by atoms with Crippen molar-refractivity contribution < 1.29 is 14.3 Å². The smallest absolute Gasteiger partial charge is 0.231 e. The number of carbonyl (C=O) groups is 1. The van der Waals surface area contributed by atoms with Crippen LogP contribution < -0.4 is 9.47 Å². The summed E-state index contributed by atoms with van der Waals surface area (Å²) in [5.74, 6) is 2.73. The van der Waals surface area contributed by atoms with Gasteiger partial charge in [-0.25, -0.2) is 4.98 Å². The van der Waals surface area contributed by atoms with Crippen LogP contribution in [-0.4, -0.2) is 74.2 Å². The van der Waals surface area contributed by atoms with E-state index >= 15 is 0 Å². The molecule has 1 saturated heterocycles. The third-order valence-electron chi connectivity index (χ3n) is 8.37. The van der Waals surface area contributed by atoms with Crippen LogP contribution in [0.3, 0.4) is 0 Å². The lowest BCUT2D eigenvalue weighted by molar-refractivity contribution is -0.133. The number of ether oxygens (including phenoxy) is 2. The second kappa shape index (κ2) is 12.8. The predicted octanol–water partition coefficient (Wildman–Crippen LogP) is 5.67. The number of amides is 1. The number of aryl methyl sites for hydroxylation is 1. The fourth-order valence-electron chi connectivity index (χ4n) is 5.99. The fraction of sp³-hybridized carbons (Fsp3) is 0.353. The number of hydrogen-bond donors (Lipinski definition) is 0. The first-order valence-corrected chi connectivity index (χ1v) is 16.3. The van der Waals surface area contributed by atoms with Crippen LogP contribution in [0, 0.1) is 6.92 Å². The molecule has 2 aromatic heterocycles. The molecule has 1 fully saturated rings. The minimum atomic E-state index is 0.248. The Morgan fingerprint density at radius 2 is 1.70 bits per heavy atom. The lowest BCUT2D eigenvalue weighted by Gasteiger charge is -2.34. The summed E-state index contributed by atoms with van der Waals surface area (Å²) < 4.78 is 13.2. The topological polar surface area (TPSA) is 85.6 Å². The molecule has 0 bridgehead atoms. The van der Waals surface area contributed by atoms with Gasteiger partial charge in [-0.05, 0) is 55.2 Å². The molecule has 0 saturated carbocycles. The number of thioether (sulfide) groups is 1. The third kappa shape index (κ3) is 6.23. The Hall–Kier alpha value is -4.15. The number of hydrogen-bond acceptors (Lipinski definition) is 8. The SMILES string of the molecule is Cc1ccc2c(c1)c1nnc(SCCCCC(=O)N3CCN(Cc4ccc5c(c4)OCO5)CC3)nc1n2Cc1ccccc1. The summed E-state index contributed by atoms with van der Waals surface area (Å²) >= 11 is 1.61. The molecule has 3 aromatic carbocycles. The molecular weight excluding hydrogens is 572 g/mol. The van der Waals surface area contributed by atoms with Crippen molar-refractivity contribution in [3.05, 3.63) is 83.4 Å². The van der Waals surface area contributed by atoms with Crippen molar-refractivity contribution in [1.29, 1.82) is 0 Å². The van der Waals surface area contributed by atoms with Crippen LogP contribution in [0.5, 0.6) is 11.5 Å². The highest BCUT2D eigenvalue weighted by molar-refractivity contribution is 7.99. The normalized spacial score (nSPS) is 15.0. The number of carbonyl (C=O) groups excluding carboxylic acids is 1. The number of aromatic nitrogens is 4. The van der Waals surface area contributed by atoms with Gasteiger partial charge in [-0.3, -0.25) is 9.69 Å². The Labute approximate surface area is 261 Å². The van der Waals surface area contributed by atoms with Crippen molar-refractivity contribution >= 4 is 39.7 Å². The van der Waals surface area contributed by atoms with Crippen LogP contribution in [0.15, 0.2) is 71.9 Å². The number of benzene rings is 3. The second-order valence-electron chi connectivity index (χ2n) is 11.5. The van der Waals surface area contributed by atoms with Crippen molar-refractivity contribution in [2.45, 2.75) is 44.4 Å². The Bertz CT molecular complexity index is 1790. The molecule has 2 aliphatic heterocycles. The van der Waals surface area contributed by atoms with Crippen molar-refractivity contribution in [1.82, 2.24) is 29.5 Å². The molecule has 5 aromatic rings. The zero-order valence-corrected chi connectivity index (χ0v) is 25.8. The van der Waals surface area contributed by atoms with E-state index in [2.05, 4.69) is 81.2 Å². The average molecular weight is 609 g/mol. The van der Waals surface area contributed by atoms with Gasteiger partial charge >= 0.3 is 0 Å². The van der Waals surface area contributed by atoms with Gasteiger partial charge in [0.15, 0.2) is 17.1 Å². The molecular formula is C34H36N6O3S. The van der Waals surface area contributed by atoms with Gasteiger partial charge in [0.25, 0.3) is 0 Å². The largest absolute Gasteiger partial charge is 0.454 e. The lowest BCUT2D eigenvalue weighted by Crippen LogP contribution is -2.48. The van der Waals surface area contributed by atoms with Gasteiger partial charge < -0.3 is 18.9 Å². The van der Waals surface area contributed by atoms with Gasteiger partial charge in [0, 0.05) is 56.8 Å². The number of nitrogens with zero attached hydrogens (tertiary/aromatic N) is 6. The number of piperazine rings is 1. The quantitative estimate of drug-likeness (QED) is 0.148. The molecule has 0 atom stereocenters. The van der Waals surface area contributed by atoms with Gasteiger partial charge in [-0.1, -0.05) is 59.8 Å². The van der Waals surface area contributed by atoms with E-state index in [1.54, 1.807) is 11.8 Å². The summed E-state index contributed by atoms with van der Waals surface area (Å²) in [6, 6.07) is 23.0. The van der Waals surface area contributed by atoms with E-state index in [0.717, 1.165) is 91.4 Å². The van der Waals surface area contributed by atoms with Crippen LogP contribution in [-0.2, 0) is 17.9 Å². The van der Waals surface area contributed by atoms with Crippen LogP contribution in [0.4, 0.5) is 0 Å². The number of fused-ring (bicyclic) bond motifs is 4. The Balaban J connectivity index is 0.900. The highest BCUT2D eigenvalue weighted by Crippen LogP contribution is 2.33. The second-order valence-corrected chi connectivity index (χ2v) is 12.6. The highest BCUT2D eigenvalue weighted by atomic mass is 32.2. The first-order valence-electron chi connectivity index (χ1n) is 15.3. The van der Waals surface area contributed by atoms with E-state index in [-0.39, 0.29) is 5.91 Å². The zero-order chi connectivity index (χ0) is 29.9. The molecule has 226 valence electrons. The summed E-state index contributed by atoms with van der Waals surface area (Å²) in [7, 11) is 0. The summed E-state index contributed by atoms with van der Waals surface area (Å²) in [6.07, 6.45) is 2.35. The van der Waals surface area contributed by atoms with Gasteiger partial charge in [-0.2, -0.15) is 0 Å².